The van der Waals surface area contributed by atoms with Gasteiger partial charge in [-0.1, -0.05) is 30.3 Å². The second-order valence-electron chi connectivity index (χ2n) is 7.92. The summed E-state index contributed by atoms with van der Waals surface area (Å²) in [5.41, 5.74) is 0.720. The Kier molecular flexibility index (Phi) is 6.50. The van der Waals surface area contributed by atoms with Crippen molar-refractivity contribution in [2.75, 3.05) is 52.9 Å². The highest BCUT2D eigenvalue weighted by molar-refractivity contribution is 5.78. The maximum absolute atomic E-state index is 13.9. The highest BCUT2D eigenvalue weighted by Crippen LogP contribution is 2.30. The molecule has 0 bridgehead atoms. The lowest BCUT2D eigenvalue weighted by atomic mass is 10.2. The minimum Gasteiger partial charge on any atom is -0.486 e. The van der Waals surface area contributed by atoms with E-state index < -0.39 is 0 Å². The smallest absolute Gasteiger partial charge is 0.236 e. The van der Waals surface area contributed by atoms with Crippen molar-refractivity contribution in [2.24, 2.45) is 0 Å². The Labute approximate surface area is 176 Å². The van der Waals surface area contributed by atoms with Crippen LogP contribution >= 0.6 is 0 Å². The quantitative estimate of drug-likeness (QED) is 0.727. The molecule has 2 aromatic carbocycles. The van der Waals surface area contributed by atoms with E-state index in [0.717, 1.165) is 43.2 Å². The molecule has 1 saturated heterocycles. The van der Waals surface area contributed by atoms with Crippen LogP contribution in [0.2, 0.25) is 0 Å². The lowest BCUT2D eigenvalue weighted by Crippen LogP contribution is -2.50. The van der Waals surface area contributed by atoms with Gasteiger partial charge in [0.25, 0.3) is 0 Å². The Bertz CT molecular complexity index is 870. The molecular formula is C23H28FN3O3. The molecule has 2 aliphatic rings. The van der Waals surface area contributed by atoms with Crippen molar-refractivity contribution in [1.82, 2.24) is 14.7 Å². The summed E-state index contributed by atoms with van der Waals surface area (Å²) >= 11 is 0. The highest BCUT2D eigenvalue weighted by atomic mass is 19.1. The fourth-order valence-corrected chi connectivity index (χ4v) is 3.85. The molecular weight excluding hydrogens is 385 g/mol. The van der Waals surface area contributed by atoms with Gasteiger partial charge in [-0.2, -0.15) is 0 Å². The van der Waals surface area contributed by atoms with Gasteiger partial charge in [-0.05, 0) is 18.2 Å². The number of halogens is 1. The zero-order valence-electron chi connectivity index (χ0n) is 17.3. The van der Waals surface area contributed by atoms with Crippen molar-refractivity contribution in [3.05, 3.63) is 59.9 Å². The number of hydrogen-bond acceptors (Lipinski definition) is 5. The number of fused-ring (bicyclic) bond motifs is 1. The van der Waals surface area contributed by atoms with E-state index in [1.807, 2.05) is 36.4 Å². The zero-order valence-corrected chi connectivity index (χ0v) is 17.3. The van der Waals surface area contributed by atoms with Crippen LogP contribution in [-0.4, -0.2) is 79.6 Å². The molecule has 6 nitrogen and oxygen atoms in total. The Balaban J connectivity index is 1.21. The third-order valence-electron chi connectivity index (χ3n) is 5.65. The van der Waals surface area contributed by atoms with Crippen LogP contribution in [0.25, 0.3) is 0 Å². The molecule has 4 rings (SSSR count). The van der Waals surface area contributed by atoms with Gasteiger partial charge in [0.15, 0.2) is 17.6 Å². The predicted molar refractivity (Wildman–Crippen MR) is 112 cm³/mol. The Morgan fingerprint density at radius 3 is 2.47 bits per heavy atom. The number of hydrogen-bond donors (Lipinski definition) is 0. The van der Waals surface area contributed by atoms with E-state index in [4.69, 9.17) is 9.47 Å². The van der Waals surface area contributed by atoms with Gasteiger partial charge in [0.05, 0.1) is 13.1 Å². The van der Waals surface area contributed by atoms with Gasteiger partial charge in [-0.3, -0.25) is 14.6 Å². The molecule has 1 fully saturated rings. The lowest BCUT2D eigenvalue weighted by Gasteiger charge is -2.35. The summed E-state index contributed by atoms with van der Waals surface area (Å²) in [5, 5.41) is 0. The summed E-state index contributed by atoms with van der Waals surface area (Å²) in [6.07, 6.45) is -0.175. The van der Waals surface area contributed by atoms with E-state index in [2.05, 4.69) is 9.80 Å². The van der Waals surface area contributed by atoms with Gasteiger partial charge in [0.2, 0.25) is 5.91 Å². The number of benzene rings is 2. The second kappa shape index (κ2) is 9.45. The molecule has 1 amide bonds. The number of piperazine rings is 1. The molecule has 2 aliphatic heterocycles. The van der Waals surface area contributed by atoms with Gasteiger partial charge in [0.1, 0.15) is 12.4 Å². The van der Waals surface area contributed by atoms with Crippen molar-refractivity contribution in [3.8, 4) is 11.5 Å². The molecule has 0 saturated carbocycles. The van der Waals surface area contributed by atoms with E-state index in [0.29, 0.717) is 26.2 Å². The molecule has 2 heterocycles. The number of carbonyl (C=O) groups excluding carboxylic acids is 1. The number of rotatable bonds is 6. The van der Waals surface area contributed by atoms with Crippen LogP contribution < -0.4 is 9.47 Å². The summed E-state index contributed by atoms with van der Waals surface area (Å²) < 4.78 is 25.5. The molecule has 1 atom stereocenters. The van der Waals surface area contributed by atoms with Gasteiger partial charge in [0, 0.05) is 45.3 Å². The summed E-state index contributed by atoms with van der Waals surface area (Å²) in [7, 11) is 1.81. The summed E-state index contributed by atoms with van der Waals surface area (Å²) in [6.45, 7) is 5.14. The van der Waals surface area contributed by atoms with Gasteiger partial charge >= 0.3 is 0 Å². The van der Waals surface area contributed by atoms with Gasteiger partial charge in [-0.15, -0.1) is 0 Å². The zero-order chi connectivity index (χ0) is 20.9. The number of likely N-dealkylation sites (N-methyl/N-ethyl adjacent to an activating group) is 1. The third kappa shape index (κ3) is 5.09. The molecule has 160 valence electrons. The molecule has 0 aromatic heterocycles. The van der Waals surface area contributed by atoms with Crippen LogP contribution in [0.3, 0.4) is 0 Å². The SMILES string of the molecule is CN(CC1COc2ccccc2O1)C(=O)CN1CCN(Cc2ccccc2F)CC1. The van der Waals surface area contributed by atoms with Crippen LogP contribution in [0.15, 0.2) is 48.5 Å². The largest absolute Gasteiger partial charge is 0.486 e. The van der Waals surface area contributed by atoms with Crippen LogP contribution in [0, 0.1) is 5.82 Å². The van der Waals surface area contributed by atoms with E-state index in [1.54, 1.807) is 18.0 Å². The number of para-hydroxylation sites is 2. The minimum absolute atomic E-state index is 0.0695. The van der Waals surface area contributed by atoms with Crippen LogP contribution in [0.5, 0.6) is 11.5 Å². The fourth-order valence-electron chi connectivity index (χ4n) is 3.85. The first-order chi connectivity index (χ1) is 14.6. The number of carbonyl (C=O) groups is 1. The third-order valence-corrected chi connectivity index (χ3v) is 5.65. The molecule has 1 unspecified atom stereocenters. The van der Waals surface area contributed by atoms with Crippen molar-refractivity contribution >= 4 is 5.91 Å². The summed E-state index contributed by atoms with van der Waals surface area (Å²) in [5.74, 6) is 1.38. The van der Waals surface area contributed by atoms with Gasteiger partial charge < -0.3 is 14.4 Å². The first kappa shape index (κ1) is 20.6. The standard InChI is InChI=1S/C23H28FN3O3/c1-25(15-19-17-29-21-8-4-5-9-22(21)30-19)23(28)16-27-12-10-26(11-13-27)14-18-6-2-3-7-20(18)24/h2-9,19H,10-17H2,1H3. The molecule has 0 aliphatic carbocycles. The highest BCUT2D eigenvalue weighted by Gasteiger charge is 2.25. The Morgan fingerprint density at radius 2 is 1.70 bits per heavy atom. The van der Waals surface area contributed by atoms with E-state index in [1.165, 1.54) is 6.07 Å². The number of amides is 1. The second-order valence-corrected chi connectivity index (χ2v) is 7.92. The number of ether oxygens (including phenoxy) is 2. The summed E-state index contributed by atoms with van der Waals surface area (Å²) in [6, 6.07) is 14.5. The normalized spacial score (nSPS) is 19.5. The summed E-state index contributed by atoms with van der Waals surface area (Å²) in [4.78, 5) is 18.8. The first-order valence-electron chi connectivity index (χ1n) is 10.4. The fraction of sp³-hybridized carbons (Fsp3) is 0.435. The van der Waals surface area contributed by atoms with Crippen molar-refractivity contribution < 1.29 is 18.7 Å². The molecule has 2 aromatic rings. The number of nitrogens with zero attached hydrogens (tertiary/aromatic N) is 3. The Hall–Kier alpha value is -2.64. The lowest BCUT2D eigenvalue weighted by molar-refractivity contribution is -0.133. The van der Waals surface area contributed by atoms with E-state index in [-0.39, 0.29) is 17.8 Å². The predicted octanol–water partition coefficient (Wildman–Crippen LogP) is 2.24. The molecule has 0 N–H and O–H groups in total. The van der Waals surface area contributed by atoms with Crippen molar-refractivity contribution in [1.29, 1.82) is 0 Å². The average molecular weight is 413 g/mol. The maximum Gasteiger partial charge on any atom is 0.236 e. The van der Waals surface area contributed by atoms with Crippen LogP contribution in [0.1, 0.15) is 5.56 Å². The Morgan fingerprint density at radius 1 is 1.03 bits per heavy atom. The van der Waals surface area contributed by atoms with Gasteiger partial charge in [-0.25, -0.2) is 4.39 Å². The maximum atomic E-state index is 13.9. The van der Waals surface area contributed by atoms with Crippen LogP contribution in [-0.2, 0) is 11.3 Å². The molecule has 0 radical (unpaired) electrons. The molecule has 0 spiro atoms. The molecule has 30 heavy (non-hydrogen) atoms. The topological polar surface area (TPSA) is 45.3 Å². The average Bonchev–Trinajstić information content (AvgIpc) is 2.76. The molecule has 7 heteroatoms. The van der Waals surface area contributed by atoms with Crippen LogP contribution in [0.4, 0.5) is 4.39 Å². The van der Waals surface area contributed by atoms with E-state index in [9.17, 15) is 9.18 Å². The van der Waals surface area contributed by atoms with E-state index >= 15 is 0 Å². The van der Waals surface area contributed by atoms with Crippen molar-refractivity contribution in [3.63, 3.8) is 0 Å². The first-order valence-corrected chi connectivity index (χ1v) is 10.4. The minimum atomic E-state index is -0.175. The monoisotopic (exact) mass is 413 g/mol. The van der Waals surface area contributed by atoms with Crippen molar-refractivity contribution in [2.45, 2.75) is 12.6 Å².